The van der Waals surface area contributed by atoms with E-state index >= 15 is 0 Å². The van der Waals surface area contributed by atoms with Crippen molar-refractivity contribution in [3.63, 3.8) is 0 Å². The van der Waals surface area contributed by atoms with E-state index in [9.17, 15) is 14.4 Å². The van der Waals surface area contributed by atoms with Gasteiger partial charge in [0.05, 0.1) is 42.0 Å². The number of likely N-dealkylation sites (tertiary alicyclic amines) is 1. The Morgan fingerprint density at radius 3 is 2.18 bits per heavy atom. The smallest absolute Gasteiger partial charge is 0.254 e. The zero-order valence-electron chi connectivity index (χ0n) is 25.4. The molecule has 0 saturated carbocycles. The van der Waals surface area contributed by atoms with Crippen molar-refractivity contribution in [3.8, 4) is 39.6 Å². The number of ketones is 1. The summed E-state index contributed by atoms with van der Waals surface area (Å²) < 4.78 is 18.5. The maximum atomic E-state index is 13.8. The average molecular weight is 606 g/mol. The van der Waals surface area contributed by atoms with Crippen LogP contribution in [0.5, 0.6) is 17.2 Å². The molecular formula is C36H35N3O6. The van der Waals surface area contributed by atoms with E-state index in [1.807, 2.05) is 55.1 Å². The van der Waals surface area contributed by atoms with Crippen molar-refractivity contribution >= 4 is 17.6 Å². The summed E-state index contributed by atoms with van der Waals surface area (Å²) in [5.74, 6) is 1.06. The average Bonchev–Trinajstić information content (AvgIpc) is 3.05. The van der Waals surface area contributed by atoms with E-state index in [1.54, 1.807) is 36.4 Å². The quantitative estimate of drug-likeness (QED) is 0.263. The second-order valence-electron chi connectivity index (χ2n) is 11.3. The van der Waals surface area contributed by atoms with Crippen molar-refractivity contribution in [2.45, 2.75) is 38.7 Å². The summed E-state index contributed by atoms with van der Waals surface area (Å²) in [4.78, 5) is 44.7. The van der Waals surface area contributed by atoms with Gasteiger partial charge in [0.15, 0.2) is 5.78 Å². The summed E-state index contributed by atoms with van der Waals surface area (Å²) >= 11 is 0. The van der Waals surface area contributed by atoms with Crippen molar-refractivity contribution < 1.29 is 28.6 Å². The minimum Gasteiger partial charge on any atom is -0.493 e. The molecule has 9 nitrogen and oxygen atoms in total. The molecule has 9 heteroatoms. The molecule has 2 aliphatic heterocycles. The molecule has 0 unspecified atom stereocenters. The van der Waals surface area contributed by atoms with Crippen LogP contribution in [-0.4, -0.2) is 59.4 Å². The van der Waals surface area contributed by atoms with Crippen LogP contribution in [-0.2, 0) is 0 Å². The van der Waals surface area contributed by atoms with Gasteiger partial charge in [-0.1, -0.05) is 30.3 Å². The molecular weight excluding hydrogens is 570 g/mol. The van der Waals surface area contributed by atoms with Crippen LogP contribution in [0.4, 0.5) is 0 Å². The largest absolute Gasteiger partial charge is 0.493 e. The topological polar surface area (TPSA) is 121 Å². The van der Waals surface area contributed by atoms with Gasteiger partial charge in [-0.3, -0.25) is 19.4 Å². The summed E-state index contributed by atoms with van der Waals surface area (Å²) in [6.07, 6.45) is 2.71. The Balaban J connectivity index is 1.19. The Morgan fingerprint density at radius 2 is 1.58 bits per heavy atom. The number of nitrogens with zero attached hydrogens (tertiary/aromatic N) is 2. The van der Waals surface area contributed by atoms with Crippen molar-refractivity contribution in [2.75, 3.05) is 26.3 Å². The Kier molecular flexibility index (Phi) is 8.26. The first kappa shape index (κ1) is 29.9. The van der Waals surface area contributed by atoms with E-state index in [-0.39, 0.29) is 18.1 Å². The number of rotatable bonds is 8. The van der Waals surface area contributed by atoms with Crippen LogP contribution in [0.3, 0.4) is 0 Å². The van der Waals surface area contributed by atoms with Crippen LogP contribution in [0, 0.1) is 0 Å². The molecule has 1 fully saturated rings. The van der Waals surface area contributed by atoms with Crippen LogP contribution in [0.15, 0.2) is 79.0 Å². The molecule has 0 radical (unpaired) electrons. The standard InChI is InChI=1S/C36H35N3O6/c1-3-43-31-19-26(20-32(44-4-2)33(31)23-8-6-5-7-9-23)35(42)39-16-14-36(15-17-39)21-29(40)27-18-24(11-13-30(27)45-36)28-12-10-25(22-38-28)34(37)41/h5-13,18-20,22H,3-4,14-17,21H2,1-2H3,(H2,37,41). The third-order valence-corrected chi connectivity index (χ3v) is 8.37. The maximum absolute atomic E-state index is 13.8. The predicted octanol–water partition coefficient (Wildman–Crippen LogP) is 5.95. The normalized spacial score (nSPS) is 15.2. The summed E-state index contributed by atoms with van der Waals surface area (Å²) in [5.41, 5.74) is 9.10. The lowest BCUT2D eigenvalue weighted by Crippen LogP contribution is -2.52. The lowest BCUT2D eigenvalue weighted by Gasteiger charge is -2.44. The molecule has 3 aromatic carbocycles. The van der Waals surface area contributed by atoms with Crippen LogP contribution in [0.2, 0.25) is 0 Å². The number of aromatic nitrogens is 1. The Bertz CT molecular complexity index is 1720. The fraction of sp³-hybridized carbons (Fsp3) is 0.278. The van der Waals surface area contributed by atoms with E-state index in [1.165, 1.54) is 6.20 Å². The van der Waals surface area contributed by atoms with Crippen molar-refractivity contribution in [2.24, 2.45) is 5.73 Å². The van der Waals surface area contributed by atoms with E-state index in [0.717, 1.165) is 16.7 Å². The summed E-state index contributed by atoms with van der Waals surface area (Å²) in [5, 5.41) is 0. The van der Waals surface area contributed by atoms with Crippen LogP contribution in [0.25, 0.3) is 22.4 Å². The number of amides is 2. The van der Waals surface area contributed by atoms with E-state index in [0.29, 0.717) is 78.8 Å². The van der Waals surface area contributed by atoms with Crippen molar-refractivity contribution in [1.82, 2.24) is 9.88 Å². The zero-order valence-corrected chi connectivity index (χ0v) is 25.4. The first-order valence-corrected chi connectivity index (χ1v) is 15.2. The van der Waals surface area contributed by atoms with Crippen LogP contribution in [0.1, 0.15) is 64.2 Å². The number of Topliss-reactive ketones (excluding diaryl/α,β-unsaturated/α-hetero) is 1. The fourth-order valence-corrected chi connectivity index (χ4v) is 6.08. The Morgan fingerprint density at radius 1 is 0.889 bits per heavy atom. The number of pyridine rings is 1. The molecule has 1 saturated heterocycles. The number of piperidine rings is 1. The van der Waals surface area contributed by atoms with Crippen molar-refractivity contribution in [3.05, 3.63) is 95.7 Å². The monoisotopic (exact) mass is 605 g/mol. The van der Waals surface area contributed by atoms with Gasteiger partial charge < -0.3 is 24.8 Å². The summed E-state index contributed by atoms with van der Waals surface area (Å²) in [6, 6.07) is 22.2. The molecule has 0 aliphatic carbocycles. The van der Waals surface area contributed by atoms with E-state index in [2.05, 4.69) is 4.98 Å². The van der Waals surface area contributed by atoms with Gasteiger partial charge in [-0.05, 0) is 61.9 Å². The number of primary amides is 1. The minimum atomic E-state index is -0.673. The molecule has 2 amide bonds. The van der Waals surface area contributed by atoms with Gasteiger partial charge in [0.2, 0.25) is 5.91 Å². The van der Waals surface area contributed by atoms with Gasteiger partial charge in [0.25, 0.3) is 5.91 Å². The molecule has 0 bridgehead atoms. The van der Waals surface area contributed by atoms with Crippen LogP contribution < -0.4 is 19.9 Å². The predicted molar refractivity (Wildman–Crippen MR) is 170 cm³/mol. The number of nitrogens with two attached hydrogens (primary N) is 1. The highest BCUT2D eigenvalue weighted by atomic mass is 16.5. The summed E-state index contributed by atoms with van der Waals surface area (Å²) in [7, 11) is 0. The number of ether oxygens (including phenoxy) is 3. The number of fused-ring (bicyclic) bond motifs is 1. The Labute approximate surface area is 261 Å². The van der Waals surface area contributed by atoms with Gasteiger partial charge >= 0.3 is 0 Å². The van der Waals surface area contributed by atoms with Crippen LogP contribution >= 0.6 is 0 Å². The van der Waals surface area contributed by atoms with E-state index in [4.69, 9.17) is 19.9 Å². The van der Waals surface area contributed by atoms with Gasteiger partial charge in [-0.25, -0.2) is 0 Å². The third-order valence-electron chi connectivity index (χ3n) is 8.37. The first-order chi connectivity index (χ1) is 21.8. The molecule has 1 aromatic heterocycles. The first-order valence-electron chi connectivity index (χ1n) is 15.2. The third kappa shape index (κ3) is 5.98. The molecule has 230 valence electrons. The number of hydrogen-bond donors (Lipinski definition) is 1. The lowest BCUT2D eigenvalue weighted by molar-refractivity contribution is -0.00572. The Hall–Kier alpha value is -5.18. The summed E-state index contributed by atoms with van der Waals surface area (Å²) in [6.45, 7) is 5.62. The molecule has 4 aromatic rings. The molecule has 6 rings (SSSR count). The van der Waals surface area contributed by atoms with E-state index < -0.39 is 11.5 Å². The van der Waals surface area contributed by atoms with Gasteiger partial charge in [0, 0.05) is 43.3 Å². The second-order valence-corrected chi connectivity index (χ2v) is 11.3. The lowest BCUT2D eigenvalue weighted by atomic mass is 9.82. The number of hydrogen-bond acceptors (Lipinski definition) is 7. The maximum Gasteiger partial charge on any atom is 0.254 e. The fourth-order valence-electron chi connectivity index (χ4n) is 6.08. The SMILES string of the molecule is CCOc1cc(C(=O)N2CCC3(CC2)CC(=O)c2cc(-c4ccc(C(N)=O)cn4)ccc2O3)cc(OCC)c1-c1ccccc1. The molecule has 3 heterocycles. The number of carbonyl (C=O) groups excluding carboxylic acids is 3. The highest BCUT2D eigenvalue weighted by Gasteiger charge is 2.44. The molecule has 1 spiro atoms. The highest BCUT2D eigenvalue weighted by molar-refractivity contribution is 6.02. The number of benzene rings is 3. The number of carbonyl (C=O) groups is 3. The molecule has 2 N–H and O–H groups in total. The zero-order chi connectivity index (χ0) is 31.6. The highest BCUT2D eigenvalue weighted by Crippen LogP contribution is 2.43. The van der Waals surface area contributed by atoms with Gasteiger partial charge in [-0.15, -0.1) is 0 Å². The second kappa shape index (κ2) is 12.4. The minimum absolute atomic E-state index is 0.00848. The van der Waals surface area contributed by atoms with Gasteiger partial charge in [-0.2, -0.15) is 0 Å². The molecule has 0 atom stereocenters. The van der Waals surface area contributed by atoms with Crippen molar-refractivity contribution in [1.29, 1.82) is 0 Å². The van der Waals surface area contributed by atoms with Gasteiger partial charge in [0.1, 0.15) is 22.8 Å². The molecule has 45 heavy (non-hydrogen) atoms. The molecule has 2 aliphatic rings.